The number of fused-ring (bicyclic) bond motifs is 2. The summed E-state index contributed by atoms with van der Waals surface area (Å²) in [5.74, 6) is 0. The minimum atomic E-state index is 1.13. The molecule has 86 heavy (non-hydrogen) atoms. The molecule has 0 N–H and O–H groups in total. The smallest absolute Gasteiger partial charge is 0.0540 e. The van der Waals surface area contributed by atoms with Crippen LogP contribution in [-0.4, -0.2) is 14.1 Å². The van der Waals surface area contributed by atoms with E-state index in [0.717, 1.165) is 45.5 Å². The van der Waals surface area contributed by atoms with Gasteiger partial charge in [0.05, 0.1) is 11.4 Å². The molecule has 0 saturated heterocycles. The molecule has 0 amide bonds. The van der Waals surface area contributed by atoms with Crippen LogP contribution in [0, 0.1) is 0 Å². The third kappa shape index (κ3) is 11.7. The predicted molar refractivity (Wildman–Crippen MR) is 368 cm³/mol. The zero-order valence-corrected chi connectivity index (χ0v) is 48.3. The lowest BCUT2D eigenvalue weighted by atomic mass is 10.0. The molecule has 4 nitrogen and oxygen atoms in total. The second-order valence-electron chi connectivity index (χ2n) is 21.5. The van der Waals surface area contributed by atoms with Gasteiger partial charge in [-0.2, -0.15) is 0 Å². The van der Waals surface area contributed by atoms with Crippen molar-refractivity contribution >= 4 is 78.4 Å². The molecule has 0 aliphatic heterocycles. The van der Waals surface area contributed by atoms with Crippen LogP contribution in [0.25, 0.3) is 66.1 Å². The van der Waals surface area contributed by atoms with Gasteiger partial charge in [0.1, 0.15) is 0 Å². The number of para-hydroxylation sites is 2. The molecule has 0 aliphatic carbocycles. The van der Waals surface area contributed by atoms with Gasteiger partial charge < -0.3 is 19.6 Å². The van der Waals surface area contributed by atoms with Crippen LogP contribution in [0.4, 0.5) is 56.9 Å². The lowest BCUT2D eigenvalue weighted by Crippen LogP contribution is -2.10. The minimum absolute atomic E-state index is 1.13. The number of nitrogens with zero attached hydrogens (tertiary/aromatic N) is 4. The Morgan fingerprint density at radius 2 is 0.419 bits per heavy atom. The number of anilines is 10. The zero-order chi connectivity index (χ0) is 58.0. The van der Waals surface area contributed by atoms with Gasteiger partial charge in [-0.15, -0.1) is 0 Å². The molecule has 14 aromatic carbocycles. The average molecular weight is 1110 g/mol. The summed E-state index contributed by atoms with van der Waals surface area (Å²) in [6, 6.07) is 125. The maximum Gasteiger partial charge on any atom is 0.0540 e. The van der Waals surface area contributed by atoms with Gasteiger partial charge in [0.25, 0.3) is 0 Å². The first kappa shape index (κ1) is 54.1. The summed E-state index contributed by atoms with van der Waals surface area (Å²) in [7, 11) is 4.24. The van der Waals surface area contributed by atoms with Gasteiger partial charge in [-0.25, -0.2) is 0 Å². The normalized spacial score (nSPS) is 10.9. The Labute approximate surface area is 505 Å². The highest BCUT2D eigenvalue weighted by Crippen LogP contribution is 2.42. The van der Waals surface area contributed by atoms with Crippen LogP contribution in [0.1, 0.15) is 0 Å². The van der Waals surface area contributed by atoms with Crippen LogP contribution in [0.5, 0.6) is 0 Å². The fourth-order valence-electron chi connectivity index (χ4n) is 11.5. The van der Waals surface area contributed by atoms with E-state index in [-0.39, 0.29) is 0 Å². The Morgan fingerprint density at radius 3 is 0.802 bits per heavy atom. The molecule has 0 bridgehead atoms. The van der Waals surface area contributed by atoms with Crippen LogP contribution in [0.15, 0.2) is 352 Å². The van der Waals surface area contributed by atoms with E-state index in [9.17, 15) is 0 Å². The van der Waals surface area contributed by atoms with E-state index in [1.165, 1.54) is 77.4 Å². The van der Waals surface area contributed by atoms with Crippen molar-refractivity contribution in [2.45, 2.75) is 0 Å². The maximum absolute atomic E-state index is 2.34. The molecule has 0 aromatic heterocycles. The second-order valence-corrected chi connectivity index (χ2v) is 21.5. The number of rotatable bonds is 14. The van der Waals surface area contributed by atoms with Crippen molar-refractivity contribution in [3.8, 4) is 44.5 Å². The van der Waals surface area contributed by atoms with Crippen LogP contribution in [0.3, 0.4) is 0 Å². The van der Waals surface area contributed by atoms with Crippen LogP contribution in [-0.2, 0) is 0 Å². The van der Waals surface area contributed by atoms with E-state index in [1.54, 1.807) is 0 Å². The van der Waals surface area contributed by atoms with E-state index in [0.29, 0.717) is 0 Å². The molecular formula is C82H64N4. The first-order valence-electron chi connectivity index (χ1n) is 29.3. The maximum atomic E-state index is 2.34. The molecule has 412 valence electrons. The lowest BCUT2D eigenvalue weighted by Gasteiger charge is -2.27. The summed E-state index contributed by atoms with van der Waals surface area (Å²) in [4.78, 5) is 9.14. The monoisotopic (exact) mass is 1100 g/mol. The molecule has 14 aromatic rings. The van der Waals surface area contributed by atoms with Gasteiger partial charge in [0.2, 0.25) is 0 Å². The van der Waals surface area contributed by atoms with Crippen molar-refractivity contribution < 1.29 is 0 Å². The third-order valence-corrected chi connectivity index (χ3v) is 16.2. The summed E-state index contributed by atoms with van der Waals surface area (Å²) >= 11 is 0. The van der Waals surface area contributed by atoms with Gasteiger partial charge in [-0.1, -0.05) is 243 Å². The standard InChI is InChI=1S/2C41H32N2/c1-42(39-19-10-16-35(30-39)31-12-4-2-5-13-31)36-26-22-32(23-27-36)33-24-28-38(29-25-33)43(37-17-6-3-7-18-37)41-21-11-15-34-14-8-9-20-40(34)41;1-42(36-25-19-32(20-26-36)31-11-4-2-5-12-31)37-27-21-33(22-28-37)34-23-29-39(30-24-34)43(38-15-6-3-7-16-38)41-18-10-14-35-13-8-9-17-40(35)41/h2*2-30H,1H3. The second kappa shape index (κ2) is 25.1. The molecular weight excluding hydrogens is 1040 g/mol. The molecule has 4 heteroatoms. The average Bonchev–Trinajstić information content (AvgIpc) is 3.78. The van der Waals surface area contributed by atoms with Gasteiger partial charge in [0, 0.05) is 70.4 Å². The summed E-state index contributed by atoms with van der Waals surface area (Å²) in [6.07, 6.45) is 0. The Bertz CT molecular complexity index is 4490. The van der Waals surface area contributed by atoms with Crippen LogP contribution in [0.2, 0.25) is 0 Å². The molecule has 14 rings (SSSR count). The third-order valence-electron chi connectivity index (χ3n) is 16.2. The van der Waals surface area contributed by atoms with E-state index < -0.39 is 0 Å². The van der Waals surface area contributed by atoms with E-state index in [2.05, 4.69) is 386 Å². The highest BCUT2D eigenvalue weighted by Gasteiger charge is 2.18. The Kier molecular flexibility index (Phi) is 15.8. The summed E-state index contributed by atoms with van der Waals surface area (Å²) in [5, 5.41) is 4.92. The Morgan fingerprint density at radius 1 is 0.174 bits per heavy atom. The van der Waals surface area contributed by atoms with E-state index in [1.807, 2.05) is 0 Å². The fourth-order valence-corrected chi connectivity index (χ4v) is 11.5. The number of benzene rings is 14. The molecule has 0 spiro atoms. The van der Waals surface area contributed by atoms with Gasteiger partial charge in [-0.3, -0.25) is 0 Å². The molecule has 0 unspecified atom stereocenters. The minimum Gasteiger partial charge on any atom is -0.345 e. The summed E-state index contributed by atoms with van der Waals surface area (Å²) < 4.78 is 0. The molecule has 0 aliphatic rings. The van der Waals surface area contributed by atoms with Crippen molar-refractivity contribution in [1.29, 1.82) is 0 Å². The van der Waals surface area contributed by atoms with Crippen molar-refractivity contribution in [3.05, 3.63) is 352 Å². The first-order valence-corrected chi connectivity index (χ1v) is 29.3. The Hall–Kier alpha value is -11.2. The topological polar surface area (TPSA) is 13.0 Å². The zero-order valence-electron chi connectivity index (χ0n) is 48.3. The molecule has 0 atom stereocenters. The van der Waals surface area contributed by atoms with Crippen molar-refractivity contribution in [1.82, 2.24) is 0 Å². The quantitative estimate of drug-likeness (QED) is 0.108. The highest BCUT2D eigenvalue weighted by atomic mass is 15.2. The molecule has 0 saturated carbocycles. The largest absolute Gasteiger partial charge is 0.345 e. The van der Waals surface area contributed by atoms with Crippen molar-refractivity contribution in [3.63, 3.8) is 0 Å². The fraction of sp³-hybridized carbons (Fsp3) is 0.0244. The van der Waals surface area contributed by atoms with Crippen LogP contribution < -0.4 is 19.6 Å². The van der Waals surface area contributed by atoms with Crippen LogP contribution >= 0.6 is 0 Å². The number of hydrogen-bond acceptors (Lipinski definition) is 4. The van der Waals surface area contributed by atoms with Crippen molar-refractivity contribution in [2.24, 2.45) is 0 Å². The van der Waals surface area contributed by atoms with E-state index >= 15 is 0 Å². The Balaban J connectivity index is 0.000000160. The molecule has 0 heterocycles. The SMILES string of the molecule is CN(c1ccc(-c2ccc(N(c3ccccc3)c3cccc4ccccc34)cc2)cc1)c1cccc(-c2ccccc2)c1.CN(c1ccc(-c2ccccc2)cc1)c1ccc(-c2ccc(N(c3ccccc3)c3cccc4ccccc34)cc2)cc1. The molecule has 0 radical (unpaired) electrons. The number of hydrogen-bond donors (Lipinski definition) is 0. The van der Waals surface area contributed by atoms with Crippen molar-refractivity contribution in [2.75, 3.05) is 33.7 Å². The molecule has 0 fully saturated rings. The predicted octanol–water partition coefficient (Wildman–Crippen LogP) is 22.8. The van der Waals surface area contributed by atoms with Gasteiger partial charge >= 0.3 is 0 Å². The summed E-state index contributed by atoms with van der Waals surface area (Å²) in [5.41, 5.74) is 21.1. The summed E-state index contributed by atoms with van der Waals surface area (Å²) in [6.45, 7) is 0. The van der Waals surface area contributed by atoms with E-state index in [4.69, 9.17) is 0 Å². The lowest BCUT2D eigenvalue weighted by molar-refractivity contribution is 1.21. The van der Waals surface area contributed by atoms with Gasteiger partial charge in [-0.05, 0) is 164 Å². The van der Waals surface area contributed by atoms with Gasteiger partial charge in [0.15, 0.2) is 0 Å². The highest BCUT2D eigenvalue weighted by molar-refractivity contribution is 6.00. The first-order chi connectivity index (χ1) is 42.5.